The molecule has 1 aromatic rings. The number of benzene rings is 1. The molecule has 0 fully saturated rings. The minimum atomic E-state index is 0.0620. The molecule has 0 aliphatic carbocycles. The summed E-state index contributed by atoms with van der Waals surface area (Å²) in [6.07, 6.45) is 0. The fourth-order valence-corrected chi connectivity index (χ4v) is 2.11. The first-order chi connectivity index (χ1) is 5.66. The van der Waals surface area contributed by atoms with Crippen molar-refractivity contribution in [2.75, 3.05) is 7.11 Å². The molecule has 2 nitrogen and oxygen atoms in total. The molecule has 0 aliphatic heterocycles. The molecule has 0 saturated heterocycles. The third-order valence-electron chi connectivity index (χ3n) is 1.70. The molecule has 0 amide bonds. The van der Waals surface area contributed by atoms with Gasteiger partial charge in [-0.1, -0.05) is 12.1 Å². The second kappa shape index (κ2) is 4.09. The lowest BCUT2D eigenvalue weighted by Crippen LogP contribution is -2.07. The Morgan fingerprint density at radius 1 is 1.50 bits per heavy atom. The third-order valence-corrected chi connectivity index (χ3v) is 2.86. The maximum atomic E-state index is 5.78. The predicted octanol–water partition coefficient (Wildman–Crippen LogP) is 2.32. The minimum absolute atomic E-state index is 0.0620. The van der Waals surface area contributed by atoms with E-state index in [1.54, 1.807) is 7.11 Å². The van der Waals surface area contributed by atoms with E-state index in [4.69, 9.17) is 10.5 Å². The van der Waals surface area contributed by atoms with Gasteiger partial charge in [-0.3, -0.25) is 0 Å². The highest BCUT2D eigenvalue weighted by Gasteiger charge is 2.08. The monoisotopic (exact) mass is 277 g/mol. The lowest BCUT2D eigenvalue weighted by molar-refractivity contribution is 0.410. The van der Waals surface area contributed by atoms with Gasteiger partial charge in [0.15, 0.2) is 0 Å². The van der Waals surface area contributed by atoms with Crippen molar-refractivity contribution in [3.8, 4) is 5.75 Å². The number of halogens is 1. The van der Waals surface area contributed by atoms with Crippen molar-refractivity contribution in [2.45, 2.75) is 13.0 Å². The first-order valence-corrected chi connectivity index (χ1v) is 4.82. The van der Waals surface area contributed by atoms with Gasteiger partial charge in [0, 0.05) is 6.04 Å². The number of hydrogen-bond acceptors (Lipinski definition) is 2. The molecule has 0 radical (unpaired) electrons. The number of rotatable bonds is 2. The molecule has 0 spiro atoms. The van der Waals surface area contributed by atoms with Crippen LogP contribution in [0.3, 0.4) is 0 Å². The third kappa shape index (κ3) is 1.90. The van der Waals surface area contributed by atoms with E-state index < -0.39 is 0 Å². The molecule has 1 rings (SSSR count). The fourth-order valence-electron chi connectivity index (χ4n) is 1.04. The van der Waals surface area contributed by atoms with Crippen molar-refractivity contribution >= 4 is 22.6 Å². The van der Waals surface area contributed by atoms with Crippen molar-refractivity contribution in [1.82, 2.24) is 0 Å². The lowest BCUT2D eigenvalue weighted by Gasteiger charge is -2.11. The van der Waals surface area contributed by atoms with Crippen LogP contribution in [0, 0.1) is 3.57 Å². The maximum absolute atomic E-state index is 5.78. The van der Waals surface area contributed by atoms with Gasteiger partial charge in [0.05, 0.1) is 10.7 Å². The van der Waals surface area contributed by atoms with Gasteiger partial charge in [0.2, 0.25) is 0 Å². The highest BCUT2D eigenvalue weighted by atomic mass is 127. The highest BCUT2D eigenvalue weighted by molar-refractivity contribution is 14.1. The summed E-state index contributed by atoms with van der Waals surface area (Å²) in [5, 5.41) is 0. The smallest absolute Gasteiger partial charge is 0.132 e. The standard InChI is InChI=1S/C9H12INO/c1-6(11)7-4-3-5-8(12-2)9(7)10/h3-6H,11H2,1-2H3/t6-/m1/s1. The van der Waals surface area contributed by atoms with Crippen LogP contribution in [0.15, 0.2) is 18.2 Å². The van der Waals surface area contributed by atoms with Crippen LogP contribution >= 0.6 is 22.6 Å². The van der Waals surface area contributed by atoms with Crippen molar-refractivity contribution in [1.29, 1.82) is 0 Å². The molecule has 0 unspecified atom stereocenters. The Morgan fingerprint density at radius 3 is 2.67 bits per heavy atom. The van der Waals surface area contributed by atoms with Crippen molar-refractivity contribution in [2.24, 2.45) is 5.73 Å². The zero-order chi connectivity index (χ0) is 9.14. The molecular weight excluding hydrogens is 265 g/mol. The van der Waals surface area contributed by atoms with Crippen LogP contribution < -0.4 is 10.5 Å². The minimum Gasteiger partial charge on any atom is -0.496 e. The summed E-state index contributed by atoms with van der Waals surface area (Å²) in [4.78, 5) is 0. The summed E-state index contributed by atoms with van der Waals surface area (Å²) in [6.45, 7) is 1.97. The van der Waals surface area contributed by atoms with E-state index in [9.17, 15) is 0 Å². The van der Waals surface area contributed by atoms with Gasteiger partial charge in [0.1, 0.15) is 5.75 Å². The predicted molar refractivity (Wildman–Crippen MR) is 58.3 cm³/mol. The second-order valence-corrected chi connectivity index (χ2v) is 3.73. The summed E-state index contributed by atoms with van der Waals surface area (Å²) in [5.41, 5.74) is 6.91. The number of ether oxygens (including phenoxy) is 1. The first kappa shape index (κ1) is 9.80. The Labute approximate surface area is 86.2 Å². The van der Waals surface area contributed by atoms with Gasteiger partial charge in [0.25, 0.3) is 0 Å². The normalized spacial score (nSPS) is 12.7. The molecule has 3 heteroatoms. The van der Waals surface area contributed by atoms with Crippen LogP contribution in [0.5, 0.6) is 5.75 Å². The van der Waals surface area contributed by atoms with Gasteiger partial charge in [-0.25, -0.2) is 0 Å². The Bertz CT molecular complexity index is 273. The quantitative estimate of drug-likeness (QED) is 0.842. The van der Waals surface area contributed by atoms with E-state index in [-0.39, 0.29) is 6.04 Å². The summed E-state index contributed by atoms with van der Waals surface area (Å²) in [5.74, 6) is 0.894. The number of nitrogens with two attached hydrogens (primary N) is 1. The van der Waals surface area contributed by atoms with Gasteiger partial charge in [-0.2, -0.15) is 0 Å². The number of hydrogen-bond donors (Lipinski definition) is 1. The van der Waals surface area contributed by atoms with Crippen LogP contribution in [0.4, 0.5) is 0 Å². The molecule has 0 aromatic heterocycles. The van der Waals surface area contributed by atoms with Crippen molar-refractivity contribution in [3.63, 3.8) is 0 Å². The van der Waals surface area contributed by atoms with E-state index >= 15 is 0 Å². The zero-order valence-corrected chi connectivity index (χ0v) is 9.33. The average molecular weight is 277 g/mol. The Balaban J connectivity index is 3.14. The SMILES string of the molecule is COc1cccc([C@@H](C)N)c1I. The van der Waals surface area contributed by atoms with Crippen LogP contribution in [0.2, 0.25) is 0 Å². The summed E-state index contributed by atoms with van der Waals surface area (Å²) in [6, 6.07) is 5.98. The van der Waals surface area contributed by atoms with E-state index in [0.29, 0.717) is 0 Å². The summed E-state index contributed by atoms with van der Waals surface area (Å²) >= 11 is 2.25. The lowest BCUT2D eigenvalue weighted by atomic mass is 10.1. The van der Waals surface area contributed by atoms with E-state index in [1.165, 1.54) is 0 Å². The Hall–Kier alpha value is -0.290. The van der Waals surface area contributed by atoms with Gasteiger partial charge >= 0.3 is 0 Å². The Kier molecular flexibility index (Phi) is 3.34. The molecule has 0 saturated carbocycles. The van der Waals surface area contributed by atoms with Crippen LogP contribution in [0.1, 0.15) is 18.5 Å². The van der Waals surface area contributed by atoms with Crippen LogP contribution in [-0.4, -0.2) is 7.11 Å². The fraction of sp³-hybridized carbons (Fsp3) is 0.333. The zero-order valence-electron chi connectivity index (χ0n) is 7.17. The molecule has 66 valence electrons. The van der Waals surface area contributed by atoms with Crippen molar-refractivity contribution < 1.29 is 4.74 Å². The molecule has 0 aliphatic rings. The van der Waals surface area contributed by atoms with E-state index in [1.807, 2.05) is 25.1 Å². The van der Waals surface area contributed by atoms with Crippen LogP contribution in [-0.2, 0) is 0 Å². The summed E-state index contributed by atoms with van der Waals surface area (Å²) < 4.78 is 6.28. The van der Waals surface area contributed by atoms with Gasteiger partial charge in [-0.05, 0) is 41.1 Å². The van der Waals surface area contributed by atoms with E-state index in [0.717, 1.165) is 14.9 Å². The molecular formula is C9H12INO. The molecule has 2 N–H and O–H groups in total. The van der Waals surface area contributed by atoms with Gasteiger partial charge in [-0.15, -0.1) is 0 Å². The second-order valence-electron chi connectivity index (χ2n) is 2.65. The first-order valence-electron chi connectivity index (χ1n) is 3.74. The van der Waals surface area contributed by atoms with Crippen LogP contribution in [0.25, 0.3) is 0 Å². The highest BCUT2D eigenvalue weighted by Crippen LogP contribution is 2.26. The van der Waals surface area contributed by atoms with E-state index in [2.05, 4.69) is 22.6 Å². The largest absolute Gasteiger partial charge is 0.496 e. The average Bonchev–Trinajstić information content (AvgIpc) is 2.04. The molecule has 0 bridgehead atoms. The topological polar surface area (TPSA) is 35.2 Å². The molecule has 12 heavy (non-hydrogen) atoms. The van der Waals surface area contributed by atoms with Crippen molar-refractivity contribution in [3.05, 3.63) is 27.3 Å². The molecule has 1 aromatic carbocycles. The maximum Gasteiger partial charge on any atom is 0.132 e. The number of methoxy groups -OCH3 is 1. The summed E-state index contributed by atoms with van der Waals surface area (Å²) in [7, 11) is 1.67. The Morgan fingerprint density at radius 2 is 2.17 bits per heavy atom. The molecule has 1 atom stereocenters. The van der Waals surface area contributed by atoms with Gasteiger partial charge < -0.3 is 10.5 Å². The molecule has 0 heterocycles.